The van der Waals surface area contributed by atoms with Crippen molar-refractivity contribution in [3.05, 3.63) is 34.3 Å². The van der Waals surface area contributed by atoms with Crippen molar-refractivity contribution in [1.82, 2.24) is 5.32 Å². The molecule has 1 N–H and O–H groups in total. The zero-order chi connectivity index (χ0) is 12.5. The molecule has 2 rings (SSSR count). The summed E-state index contributed by atoms with van der Waals surface area (Å²) in [5.74, 6) is 0. The zero-order valence-electron chi connectivity index (χ0n) is 9.56. The van der Waals surface area contributed by atoms with Gasteiger partial charge in [0, 0.05) is 6.04 Å². The summed E-state index contributed by atoms with van der Waals surface area (Å²) in [4.78, 5) is 0. The van der Waals surface area contributed by atoms with E-state index in [1.807, 2.05) is 0 Å². The minimum absolute atomic E-state index is 0. The summed E-state index contributed by atoms with van der Waals surface area (Å²) in [6.07, 6.45) is -1.39. The van der Waals surface area contributed by atoms with E-state index in [2.05, 4.69) is 5.32 Å². The van der Waals surface area contributed by atoms with Crippen molar-refractivity contribution < 1.29 is 13.2 Å². The van der Waals surface area contributed by atoms with Crippen LogP contribution in [0.1, 0.15) is 36.4 Å². The number of piperidine rings is 1. The maximum absolute atomic E-state index is 12.7. The van der Waals surface area contributed by atoms with Gasteiger partial charge in [-0.05, 0) is 37.1 Å². The Balaban J connectivity index is 0.00000162. The molecule has 1 aliphatic heterocycles. The monoisotopic (exact) mass is 299 g/mol. The lowest BCUT2D eigenvalue weighted by Gasteiger charge is -2.24. The average molecular weight is 300 g/mol. The van der Waals surface area contributed by atoms with Crippen LogP contribution in [0.4, 0.5) is 13.2 Å². The third-order valence-electron chi connectivity index (χ3n) is 3.01. The first-order valence-electron chi connectivity index (χ1n) is 5.58. The molecule has 1 aromatic rings. The first kappa shape index (κ1) is 15.6. The van der Waals surface area contributed by atoms with Gasteiger partial charge in [-0.25, -0.2) is 0 Å². The van der Waals surface area contributed by atoms with Crippen molar-refractivity contribution in [2.75, 3.05) is 6.54 Å². The van der Waals surface area contributed by atoms with Crippen LogP contribution in [0.15, 0.2) is 18.2 Å². The van der Waals surface area contributed by atoms with E-state index in [9.17, 15) is 13.2 Å². The summed E-state index contributed by atoms with van der Waals surface area (Å²) in [6.45, 7) is 0.856. The zero-order valence-corrected chi connectivity index (χ0v) is 11.1. The summed E-state index contributed by atoms with van der Waals surface area (Å²) < 4.78 is 38.1. The van der Waals surface area contributed by atoms with Crippen molar-refractivity contribution >= 4 is 24.0 Å². The lowest BCUT2D eigenvalue weighted by atomic mass is 9.96. The molecule has 1 aliphatic rings. The summed E-state index contributed by atoms with van der Waals surface area (Å²) in [5, 5.41) is 2.98. The summed E-state index contributed by atoms with van der Waals surface area (Å²) in [5.41, 5.74) is -0.0783. The van der Waals surface area contributed by atoms with Gasteiger partial charge >= 0.3 is 6.18 Å². The molecular formula is C12H14Cl2F3N. The normalized spacial score (nSPS) is 20.3. The fraction of sp³-hybridized carbons (Fsp3) is 0.500. The highest BCUT2D eigenvalue weighted by atomic mass is 35.5. The third kappa shape index (κ3) is 3.53. The Hall–Kier alpha value is -0.450. The number of benzene rings is 1. The smallest absolute Gasteiger partial charge is 0.310 e. The molecule has 0 amide bonds. The number of rotatable bonds is 1. The van der Waals surface area contributed by atoms with Gasteiger partial charge in [-0.15, -0.1) is 12.4 Å². The largest absolute Gasteiger partial charge is 0.417 e. The van der Waals surface area contributed by atoms with E-state index >= 15 is 0 Å². The molecular weight excluding hydrogens is 286 g/mol. The molecule has 0 bridgehead atoms. The fourth-order valence-corrected chi connectivity index (χ4v) is 2.34. The Kier molecular flexibility index (Phi) is 5.32. The summed E-state index contributed by atoms with van der Waals surface area (Å²) in [7, 11) is 0. The van der Waals surface area contributed by atoms with Gasteiger partial charge < -0.3 is 5.32 Å². The molecule has 0 aromatic heterocycles. The van der Waals surface area contributed by atoms with E-state index in [1.165, 1.54) is 6.07 Å². The van der Waals surface area contributed by atoms with E-state index < -0.39 is 11.7 Å². The molecule has 0 aliphatic carbocycles. The van der Waals surface area contributed by atoms with Crippen molar-refractivity contribution in [3.63, 3.8) is 0 Å². The van der Waals surface area contributed by atoms with Crippen LogP contribution in [-0.4, -0.2) is 6.54 Å². The van der Waals surface area contributed by atoms with Crippen molar-refractivity contribution in [3.8, 4) is 0 Å². The first-order valence-corrected chi connectivity index (χ1v) is 5.96. The first-order chi connectivity index (χ1) is 7.98. The van der Waals surface area contributed by atoms with Crippen LogP contribution in [-0.2, 0) is 6.18 Å². The van der Waals surface area contributed by atoms with E-state index in [4.69, 9.17) is 11.6 Å². The second kappa shape index (κ2) is 6.13. The highest BCUT2D eigenvalue weighted by molar-refractivity contribution is 6.31. The molecule has 6 heteroatoms. The Morgan fingerprint density at radius 2 is 1.94 bits per heavy atom. The fourth-order valence-electron chi connectivity index (χ4n) is 2.11. The summed E-state index contributed by atoms with van der Waals surface area (Å²) in [6, 6.07) is 4.17. The molecule has 0 spiro atoms. The Morgan fingerprint density at radius 1 is 1.22 bits per heavy atom. The number of nitrogens with one attached hydrogen (secondary N) is 1. The van der Waals surface area contributed by atoms with Gasteiger partial charge in [0.2, 0.25) is 0 Å². The van der Waals surface area contributed by atoms with Crippen LogP contribution >= 0.6 is 24.0 Å². The summed E-state index contributed by atoms with van der Waals surface area (Å²) >= 11 is 5.58. The minimum atomic E-state index is -4.39. The predicted molar refractivity (Wildman–Crippen MR) is 68.3 cm³/mol. The van der Waals surface area contributed by atoms with Crippen LogP contribution in [0.3, 0.4) is 0 Å². The second-order valence-corrected chi connectivity index (χ2v) is 4.65. The standard InChI is InChI=1S/C12H13ClF3N.ClH/c13-10-5-4-8(7-9(10)12(14,15)16)11-3-1-2-6-17-11;/h4-5,7,11,17H,1-3,6H2;1H/t11-;/m1./s1. The highest BCUT2D eigenvalue weighted by Gasteiger charge is 2.33. The van der Waals surface area contributed by atoms with Gasteiger partial charge in [-0.3, -0.25) is 0 Å². The molecule has 1 atom stereocenters. The topological polar surface area (TPSA) is 12.0 Å². The minimum Gasteiger partial charge on any atom is -0.310 e. The van der Waals surface area contributed by atoms with Gasteiger partial charge in [0.15, 0.2) is 0 Å². The molecule has 1 saturated heterocycles. The molecule has 18 heavy (non-hydrogen) atoms. The lowest BCUT2D eigenvalue weighted by molar-refractivity contribution is -0.137. The van der Waals surface area contributed by atoms with E-state index in [1.54, 1.807) is 6.07 Å². The van der Waals surface area contributed by atoms with Gasteiger partial charge in [0.05, 0.1) is 10.6 Å². The van der Waals surface area contributed by atoms with Crippen LogP contribution in [0.2, 0.25) is 5.02 Å². The van der Waals surface area contributed by atoms with Crippen LogP contribution < -0.4 is 5.32 Å². The maximum Gasteiger partial charge on any atom is 0.417 e. The van der Waals surface area contributed by atoms with E-state index in [0.29, 0.717) is 5.56 Å². The molecule has 0 saturated carbocycles. The van der Waals surface area contributed by atoms with Gasteiger partial charge in [0.25, 0.3) is 0 Å². The van der Waals surface area contributed by atoms with E-state index in [0.717, 1.165) is 31.9 Å². The van der Waals surface area contributed by atoms with Gasteiger partial charge in [-0.2, -0.15) is 13.2 Å². The molecule has 1 nitrogen and oxygen atoms in total. The molecule has 1 heterocycles. The molecule has 1 fully saturated rings. The quantitative estimate of drug-likeness (QED) is 0.799. The van der Waals surface area contributed by atoms with E-state index in [-0.39, 0.29) is 23.5 Å². The Labute approximate surface area is 115 Å². The SMILES string of the molecule is Cl.FC(F)(F)c1cc([C@H]2CCCCN2)ccc1Cl. The molecule has 0 radical (unpaired) electrons. The van der Waals surface area contributed by atoms with Crippen LogP contribution in [0.25, 0.3) is 0 Å². The third-order valence-corrected chi connectivity index (χ3v) is 3.34. The van der Waals surface area contributed by atoms with Gasteiger partial charge in [0.1, 0.15) is 0 Å². The van der Waals surface area contributed by atoms with Crippen LogP contribution in [0, 0.1) is 0 Å². The molecule has 0 unspecified atom stereocenters. The highest BCUT2D eigenvalue weighted by Crippen LogP contribution is 2.37. The molecule has 1 aromatic carbocycles. The van der Waals surface area contributed by atoms with Crippen molar-refractivity contribution in [1.29, 1.82) is 0 Å². The predicted octanol–water partition coefficient (Wildman–Crippen LogP) is 4.60. The number of hydrogen-bond donors (Lipinski definition) is 1. The second-order valence-electron chi connectivity index (χ2n) is 4.24. The maximum atomic E-state index is 12.7. The Morgan fingerprint density at radius 3 is 2.50 bits per heavy atom. The number of alkyl halides is 3. The number of hydrogen-bond acceptors (Lipinski definition) is 1. The van der Waals surface area contributed by atoms with Gasteiger partial charge in [-0.1, -0.05) is 24.1 Å². The van der Waals surface area contributed by atoms with Crippen LogP contribution in [0.5, 0.6) is 0 Å². The Bertz CT molecular complexity index is 401. The number of halogens is 5. The van der Waals surface area contributed by atoms with Crippen molar-refractivity contribution in [2.45, 2.75) is 31.5 Å². The molecule has 102 valence electrons. The van der Waals surface area contributed by atoms with Crippen molar-refractivity contribution in [2.24, 2.45) is 0 Å². The lowest BCUT2D eigenvalue weighted by Crippen LogP contribution is -2.27. The average Bonchev–Trinajstić information content (AvgIpc) is 2.29.